The van der Waals surface area contributed by atoms with E-state index in [1.807, 2.05) is 0 Å². The monoisotopic (exact) mass is 269 g/mol. The lowest BCUT2D eigenvalue weighted by Crippen LogP contribution is -2.54. The highest BCUT2D eigenvalue weighted by Gasteiger charge is 2.27. The Bertz CT molecular complexity index is 284. The summed E-state index contributed by atoms with van der Waals surface area (Å²) < 4.78 is 5.32. The van der Waals surface area contributed by atoms with Crippen molar-refractivity contribution in [3.05, 3.63) is 0 Å². The van der Waals surface area contributed by atoms with Gasteiger partial charge in [0, 0.05) is 19.1 Å². The van der Waals surface area contributed by atoms with Crippen molar-refractivity contribution in [2.75, 3.05) is 39.4 Å². The normalized spacial score (nSPS) is 26.6. The molecule has 19 heavy (non-hydrogen) atoms. The zero-order valence-corrected chi connectivity index (χ0v) is 12.2. The van der Waals surface area contributed by atoms with Gasteiger partial charge in [-0.05, 0) is 31.8 Å². The molecule has 0 aromatic heterocycles. The van der Waals surface area contributed by atoms with E-state index in [1.165, 1.54) is 25.9 Å². The van der Waals surface area contributed by atoms with E-state index in [0.717, 1.165) is 13.1 Å². The number of hydrogen-bond acceptors (Lipinski definition) is 4. The summed E-state index contributed by atoms with van der Waals surface area (Å²) in [5.41, 5.74) is 0. The van der Waals surface area contributed by atoms with E-state index in [2.05, 4.69) is 29.4 Å². The SMILES string of the molecule is CC(C)C(CNC(=O)C1COCCN1)N1CCCC1. The molecule has 5 nitrogen and oxygen atoms in total. The number of carbonyl (C=O) groups excluding carboxylic acids is 1. The van der Waals surface area contributed by atoms with Crippen LogP contribution in [-0.4, -0.2) is 62.3 Å². The zero-order chi connectivity index (χ0) is 13.7. The summed E-state index contributed by atoms with van der Waals surface area (Å²) in [6, 6.07) is 0.274. The molecule has 0 saturated carbocycles. The van der Waals surface area contributed by atoms with E-state index in [1.54, 1.807) is 0 Å². The van der Waals surface area contributed by atoms with E-state index < -0.39 is 0 Å². The number of carbonyl (C=O) groups is 1. The van der Waals surface area contributed by atoms with Crippen LogP contribution in [0, 0.1) is 5.92 Å². The van der Waals surface area contributed by atoms with Crippen molar-refractivity contribution in [3.63, 3.8) is 0 Å². The van der Waals surface area contributed by atoms with Crippen molar-refractivity contribution in [2.24, 2.45) is 5.92 Å². The van der Waals surface area contributed by atoms with Crippen LogP contribution in [0.3, 0.4) is 0 Å². The fourth-order valence-electron chi connectivity index (χ4n) is 2.92. The highest BCUT2D eigenvalue weighted by molar-refractivity contribution is 5.82. The molecule has 0 aromatic rings. The average molecular weight is 269 g/mol. The largest absolute Gasteiger partial charge is 0.378 e. The molecule has 0 radical (unpaired) electrons. The van der Waals surface area contributed by atoms with Crippen molar-refractivity contribution >= 4 is 5.91 Å². The molecule has 2 fully saturated rings. The summed E-state index contributed by atoms with van der Waals surface area (Å²) >= 11 is 0. The highest BCUT2D eigenvalue weighted by Crippen LogP contribution is 2.17. The third-order valence-electron chi connectivity index (χ3n) is 4.10. The molecule has 2 saturated heterocycles. The fourth-order valence-corrected chi connectivity index (χ4v) is 2.92. The Morgan fingerprint density at radius 2 is 2.16 bits per heavy atom. The molecule has 2 N–H and O–H groups in total. The molecule has 0 spiro atoms. The van der Waals surface area contributed by atoms with E-state index >= 15 is 0 Å². The van der Waals surface area contributed by atoms with Gasteiger partial charge in [-0.3, -0.25) is 9.69 Å². The summed E-state index contributed by atoms with van der Waals surface area (Å²) in [6.45, 7) is 9.50. The second-order valence-electron chi connectivity index (χ2n) is 5.88. The van der Waals surface area contributed by atoms with Gasteiger partial charge in [-0.15, -0.1) is 0 Å². The molecule has 2 unspecified atom stereocenters. The maximum atomic E-state index is 12.1. The van der Waals surface area contributed by atoms with Gasteiger partial charge < -0.3 is 15.4 Å². The van der Waals surface area contributed by atoms with E-state index in [4.69, 9.17) is 4.74 Å². The molecule has 1 amide bonds. The van der Waals surface area contributed by atoms with Crippen molar-refractivity contribution in [2.45, 2.75) is 38.8 Å². The van der Waals surface area contributed by atoms with Gasteiger partial charge in [0.25, 0.3) is 0 Å². The first-order chi connectivity index (χ1) is 9.18. The third-order valence-corrected chi connectivity index (χ3v) is 4.10. The van der Waals surface area contributed by atoms with Crippen molar-refractivity contribution in [1.82, 2.24) is 15.5 Å². The maximum Gasteiger partial charge on any atom is 0.239 e. The predicted octanol–water partition coefficient (Wildman–Crippen LogP) is 0.211. The predicted molar refractivity (Wildman–Crippen MR) is 75.1 cm³/mol. The number of hydrogen-bond donors (Lipinski definition) is 2. The first-order valence-corrected chi connectivity index (χ1v) is 7.51. The van der Waals surface area contributed by atoms with Crippen LogP contribution >= 0.6 is 0 Å². The molecule has 2 atom stereocenters. The van der Waals surface area contributed by atoms with Crippen LogP contribution in [0.1, 0.15) is 26.7 Å². The number of amides is 1. The first kappa shape index (κ1) is 14.8. The van der Waals surface area contributed by atoms with E-state index in [0.29, 0.717) is 25.2 Å². The van der Waals surface area contributed by atoms with Gasteiger partial charge in [-0.1, -0.05) is 13.8 Å². The molecule has 5 heteroatoms. The average Bonchev–Trinajstić information content (AvgIpc) is 2.93. The Hall–Kier alpha value is -0.650. The number of rotatable bonds is 5. The second kappa shape index (κ2) is 7.22. The van der Waals surface area contributed by atoms with Gasteiger partial charge in [0.05, 0.1) is 13.2 Å². The van der Waals surface area contributed by atoms with Gasteiger partial charge in [0.15, 0.2) is 0 Å². The smallest absolute Gasteiger partial charge is 0.239 e. The zero-order valence-electron chi connectivity index (χ0n) is 12.2. The minimum Gasteiger partial charge on any atom is -0.378 e. The van der Waals surface area contributed by atoms with Gasteiger partial charge in [0.2, 0.25) is 5.91 Å². The van der Waals surface area contributed by atoms with Gasteiger partial charge >= 0.3 is 0 Å². The maximum absolute atomic E-state index is 12.1. The lowest BCUT2D eigenvalue weighted by atomic mass is 10.0. The van der Waals surface area contributed by atoms with E-state index in [-0.39, 0.29) is 11.9 Å². The Kier molecular flexibility index (Phi) is 5.60. The topological polar surface area (TPSA) is 53.6 Å². The van der Waals surface area contributed by atoms with Crippen molar-refractivity contribution < 1.29 is 9.53 Å². The minimum absolute atomic E-state index is 0.0737. The van der Waals surface area contributed by atoms with Crippen LogP contribution in [0.5, 0.6) is 0 Å². The van der Waals surface area contributed by atoms with Crippen LogP contribution < -0.4 is 10.6 Å². The summed E-state index contributed by atoms with van der Waals surface area (Å²) in [4.78, 5) is 14.6. The third kappa shape index (κ3) is 4.16. The first-order valence-electron chi connectivity index (χ1n) is 7.51. The summed E-state index contributed by atoms with van der Waals surface area (Å²) in [5.74, 6) is 0.638. The Morgan fingerprint density at radius 1 is 1.42 bits per heavy atom. The number of likely N-dealkylation sites (tertiary alicyclic amines) is 1. The number of nitrogens with zero attached hydrogens (tertiary/aromatic N) is 1. The van der Waals surface area contributed by atoms with Gasteiger partial charge in [-0.2, -0.15) is 0 Å². The number of morpholine rings is 1. The summed E-state index contributed by atoms with van der Waals surface area (Å²) in [5, 5.41) is 6.28. The van der Waals surface area contributed by atoms with Crippen LogP contribution in [0.15, 0.2) is 0 Å². The molecule has 2 aliphatic heterocycles. The minimum atomic E-state index is -0.180. The van der Waals surface area contributed by atoms with E-state index in [9.17, 15) is 4.79 Å². The molecule has 2 heterocycles. The molecular weight excluding hydrogens is 242 g/mol. The Labute approximate surface area is 116 Å². The summed E-state index contributed by atoms with van der Waals surface area (Å²) in [6.07, 6.45) is 2.57. The quantitative estimate of drug-likeness (QED) is 0.749. The van der Waals surface area contributed by atoms with Gasteiger partial charge in [-0.25, -0.2) is 0 Å². The molecular formula is C14H27N3O2. The van der Waals surface area contributed by atoms with Crippen molar-refractivity contribution in [3.8, 4) is 0 Å². The number of nitrogens with one attached hydrogen (secondary N) is 2. The Morgan fingerprint density at radius 3 is 2.74 bits per heavy atom. The standard InChI is InChI=1S/C14H27N3O2/c1-11(2)13(17-6-3-4-7-17)9-16-14(18)12-10-19-8-5-15-12/h11-13,15H,3-10H2,1-2H3,(H,16,18). The molecule has 110 valence electrons. The molecule has 0 bridgehead atoms. The highest BCUT2D eigenvalue weighted by atomic mass is 16.5. The molecule has 2 rings (SSSR count). The van der Waals surface area contributed by atoms with Crippen LogP contribution in [0.4, 0.5) is 0 Å². The Balaban J connectivity index is 1.79. The molecule has 2 aliphatic rings. The van der Waals surface area contributed by atoms with Gasteiger partial charge in [0.1, 0.15) is 6.04 Å². The summed E-state index contributed by atoms with van der Waals surface area (Å²) in [7, 11) is 0. The lowest BCUT2D eigenvalue weighted by Gasteiger charge is -2.32. The number of ether oxygens (including phenoxy) is 1. The van der Waals surface area contributed by atoms with Crippen LogP contribution in [0.2, 0.25) is 0 Å². The fraction of sp³-hybridized carbons (Fsp3) is 0.929. The molecule has 0 aliphatic carbocycles. The lowest BCUT2D eigenvalue weighted by molar-refractivity contribution is -0.126. The molecule has 0 aromatic carbocycles. The van der Waals surface area contributed by atoms with Crippen LogP contribution in [-0.2, 0) is 9.53 Å². The van der Waals surface area contributed by atoms with Crippen molar-refractivity contribution in [1.29, 1.82) is 0 Å². The van der Waals surface area contributed by atoms with Crippen LogP contribution in [0.25, 0.3) is 0 Å². The second-order valence-corrected chi connectivity index (χ2v) is 5.88.